The van der Waals surface area contributed by atoms with Crippen LogP contribution < -0.4 is 5.32 Å². The van der Waals surface area contributed by atoms with Crippen molar-refractivity contribution in [2.45, 2.75) is 31.8 Å². The molecule has 1 heterocycles. The highest BCUT2D eigenvalue weighted by Gasteiger charge is 2.31. The van der Waals surface area contributed by atoms with Crippen LogP contribution in [0.5, 0.6) is 0 Å². The van der Waals surface area contributed by atoms with Crippen LogP contribution in [-0.4, -0.2) is 23.9 Å². The normalized spacial score (nSPS) is 23.1. The highest BCUT2D eigenvalue weighted by Crippen LogP contribution is 2.34. The van der Waals surface area contributed by atoms with E-state index in [1.807, 2.05) is 29.2 Å². The van der Waals surface area contributed by atoms with Crippen molar-refractivity contribution in [3.8, 4) is 0 Å². The third-order valence-electron chi connectivity index (χ3n) is 3.97. The van der Waals surface area contributed by atoms with Crippen LogP contribution in [0.25, 0.3) is 0 Å². The number of hydrogen-bond donors (Lipinski definition) is 1. The smallest absolute Gasteiger partial charge is 0.238 e. The second-order valence-electron chi connectivity index (χ2n) is 5.51. The van der Waals surface area contributed by atoms with Gasteiger partial charge in [0, 0.05) is 11.6 Å². The summed E-state index contributed by atoms with van der Waals surface area (Å²) in [5.74, 6) is 1.13. The van der Waals surface area contributed by atoms with Crippen LogP contribution in [0, 0.1) is 5.92 Å². The quantitative estimate of drug-likeness (QED) is 0.898. The van der Waals surface area contributed by atoms with E-state index in [0.29, 0.717) is 6.54 Å². The topological polar surface area (TPSA) is 32.3 Å². The van der Waals surface area contributed by atoms with Crippen molar-refractivity contribution in [3.63, 3.8) is 0 Å². The van der Waals surface area contributed by atoms with Gasteiger partial charge in [-0.25, -0.2) is 0 Å². The molecule has 1 aliphatic carbocycles. The summed E-state index contributed by atoms with van der Waals surface area (Å²) in [7, 11) is 0. The zero-order valence-corrected chi connectivity index (χ0v) is 11.7. The Bertz CT molecular complexity index is 456. The first-order valence-corrected chi connectivity index (χ1v) is 7.40. The average molecular weight is 279 g/mol. The van der Waals surface area contributed by atoms with E-state index in [4.69, 9.17) is 11.6 Å². The predicted molar refractivity (Wildman–Crippen MR) is 75.9 cm³/mol. The van der Waals surface area contributed by atoms with Crippen molar-refractivity contribution < 1.29 is 4.79 Å². The fourth-order valence-electron chi connectivity index (χ4n) is 2.69. The van der Waals surface area contributed by atoms with Gasteiger partial charge in [-0.1, -0.05) is 36.6 Å². The molecule has 1 aromatic carbocycles. The molecule has 1 saturated carbocycles. The summed E-state index contributed by atoms with van der Waals surface area (Å²) in [6.45, 7) is 1.30. The molecule has 19 heavy (non-hydrogen) atoms. The maximum Gasteiger partial charge on any atom is 0.238 e. The number of nitrogens with zero attached hydrogens (tertiary/aromatic N) is 1. The first kappa shape index (κ1) is 12.9. The van der Waals surface area contributed by atoms with Crippen molar-refractivity contribution >= 4 is 17.5 Å². The number of hydrogen-bond acceptors (Lipinski definition) is 2. The minimum absolute atomic E-state index is 0.0176. The number of carbonyl (C=O) groups excluding carboxylic acids is 1. The molecule has 0 aromatic heterocycles. The Labute approximate surface area is 118 Å². The van der Waals surface area contributed by atoms with E-state index >= 15 is 0 Å². The van der Waals surface area contributed by atoms with Crippen LogP contribution in [0.3, 0.4) is 0 Å². The van der Waals surface area contributed by atoms with E-state index in [0.717, 1.165) is 29.5 Å². The Morgan fingerprint density at radius 1 is 1.26 bits per heavy atom. The molecule has 0 spiro atoms. The minimum atomic E-state index is 0.0176. The lowest BCUT2D eigenvalue weighted by atomic mass is 10.1. The average Bonchev–Trinajstić information content (AvgIpc) is 3.16. The number of amides is 1. The highest BCUT2D eigenvalue weighted by atomic mass is 35.5. The molecule has 3 rings (SSSR count). The molecule has 1 saturated heterocycles. The van der Waals surface area contributed by atoms with Gasteiger partial charge in [-0.05, 0) is 36.5 Å². The Balaban J connectivity index is 1.64. The lowest BCUT2D eigenvalue weighted by Crippen LogP contribution is -2.31. The van der Waals surface area contributed by atoms with Crippen molar-refractivity contribution in [1.82, 2.24) is 10.2 Å². The molecule has 1 atom stereocenters. The third kappa shape index (κ3) is 3.10. The number of benzene rings is 1. The summed E-state index contributed by atoms with van der Waals surface area (Å²) in [4.78, 5) is 13.9. The summed E-state index contributed by atoms with van der Waals surface area (Å²) in [6, 6.07) is 7.74. The molecule has 2 aliphatic rings. The molecule has 1 N–H and O–H groups in total. The van der Waals surface area contributed by atoms with Crippen molar-refractivity contribution in [3.05, 3.63) is 34.9 Å². The summed E-state index contributed by atoms with van der Waals surface area (Å²) in [5, 5.41) is 4.01. The predicted octanol–water partition coefficient (Wildman–Crippen LogP) is 2.96. The minimum Gasteiger partial charge on any atom is -0.322 e. The summed E-state index contributed by atoms with van der Waals surface area (Å²) in [6.07, 6.45) is 5.16. The van der Waals surface area contributed by atoms with Gasteiger partial charge in [-0.3, -0.25) is 10.1 Å². The van der Waals surface area contributed by atoms with Gasteiger partial charge < -0.3 is 4.90 Å². The van der Waals surface area contributed by atoms with Crippen LogP contribution in [0.15, 0.2) is 24.3 Å². The van der Waals surface area contributed by atoms with Crippen LogP contribution in [0.4, 0.5) is 0 Å². The van der Waals surface area contributed by atoms with Gasteiger partial charge in [0.05, 0.1) is 6.54 Å². The molecule has 0 radical (unpaired) electrons. The van der Waals surface area contributed by atoms with Crippen molar-refractivity contribution in [2.75, 3.05) is 13.1 Å². The Morgan fingerprint density at radius 3 is 2.68 bits per heavy atom. The fourth-order valence-corrected chi connectivity index (χ4v) is 2.82. The van der Waals surface area contributed by atoms with Crippen LogP contribution >= 0.6 is 11.6 Å². The van der Waals surface area contributed by atoms with Gasteiger partial charge >= 0.3 is 0 Å². The van der Waals surface area contributed by atoms with E-state index in [1.165, 1.54) is 19.3 Å². The lowest BCUT2D eigenvalue weighted by molar-refractivity contribution is -0.128. The fraction of sp³-hybridized carbons (Fsp3) is 0.533. The van der Waals surface area contributed by atoms with E-state index < -0.39 is 0 Å². The molecule has 1 aliphatic heterocycles. The molecule has 2 fully saturated rings. The third-order valence-corrected chi connectivity index (χ3v) is 4.22. The summed E-state index contributed by atoms with van der Waals surface area (Å²) in [5.41, 5.74) is 1.11. The molecule has 1 aromatic rings. The standard InChI is InChI=1S/C15H19ClN2O/c16-13-7-5-12(6-8-13)15-17-10-14(19)18(15)9-1-2-11-3-4-11/h5-8,11,15,17H,1-4,9-10H2. The lowest BCUT2D eigenvalue weighted by Gasteiger charge is -2.24. The Kier molecular flexibility index (Phi) is 3.76. The second-order valence-corrected chi connectivity index (χ2v) is 5.94. The van der Waals surface area contributed by atoms with Crippen LogP contribution in [0.2, 0.25) is 5.02 Å². The highest BCUT2D eigenvalue weighted by molar-refractivity contribution is 6.30. The van der Waals surface area contributed by atoms with Gasteiger partial charge in [0.1, 0.15) is 6.17 Å². The Hall–Kier alpha value is -1.06. The molecule has 3 nitrogen and oxygen atoms in total. The molecule has 1 amide bonds. The van der Waals surface area contributed by atoms with Crippen LogP contribution in [0.1, 0.15) is 37.4 Å². The number of rotatable bonds is 5. The number of nitrogens with one attached hydrogen (secondary N) is 1. The second kappa shape index (κ2) is 5.51. The molecule has 1 unspecified atom stereocenters. The zero-order chi connectivity index (χ0) is 13.2. The van der Waals surface area contributed by atoms with E-state index in [9.17, 15) is 4.79 Å². The Morgan fingerprint density at radius 2 is 2.00 bits per heavy atom. The molecule has 102 valence electrons. The molecular weight excluding hydrogens is 260 g/mol. The summed E-state index contributed by atoms with van der Waals surface area (Å²) >= 11 is 5.91. The number of carbonyl (C=O) groups is 1. The maximum absolute atomic E-state index is 12.0. The van der Waals surface area contributed by atoms with Crippen LogP contribution in [-0.2, 0) is 4.79 Å². The molecule has 0 bridgehead atoms. The van der Waals surface area contributed by atoms with Crippen molar-refractivity contribution in [2.24, 2.45) is 5.92 Å². The largest absolute Gasteiger partial charge is 0.322 e. The van der Waals surface area contributed by atoms with Gasteiger partial charge in [-0.15, -0.1) is 0 Å². The SMILES string of the molecule is O=C1CNC(c2ccc(Cl)cc2)N1CCCC1CC1. The maximum atomic E-state index is 12.0. The van der Waals surface area contributed by atoms with Gasteiger partial charge in [0.2, 0.25) is 5.91 Å². The monoisotopic (exact) mass is 278 g/mol. The summed E-state index contributed by atoms with van der Waals surface area (Å²) < 4.78 is 0. The first-order valence-electron chi connectivity index (χ1n) is 7.02. The van der Waals surface area contributed by atoms with Gasteiger partial charge in [0.25, 0.3) is 0 Å². The van der Waals surface area contributed by atoms with Crippen molar-refractivity contribution in [1.29, 1.82) is 0 Å². The number of halogens is 1. The van der Waals surface area contributed by atoms with E-state index in [1.54, 1.807) is 0 Å². The van der Waals surface area contributed by atoms with E-state index in [2.05, 4.69) is 5.32 Å². The van der Waals surface area contributed by atoms with E-state index in [-0.39, 0.29) is 12.1 Å². The zero-order valence-electron chi connectivity index (χ0n) is 10.9. The van der Waals surface area contributed by atoms with Gasteiger partial charge in [0.15, 0.2) is 0 Å². The first-order chi connectivity index (χ1) is 9.24. The molecular formula is C15H19ClN2O. The van der Waals surface area contributed by atoms with Gasteiger partial charge in [-0.2, -0.15) is 0 Å². The molecule has 4 heteroatoms.